The third-order valence-electron chi connectivity index (χ3n) is 30.6. The van der Waals surface area contributed by atoms with E-state index in [9.17, 15) is 0 Å². The Morgan fingerprint density at radius 1 is 0.196 bits per heavy atom. The summed E-state index contributed by atoms with van der Waals surface area (Å²) >= 11 is 0. The number of nitrogens with zero attached hydrogens (tertiary/aromatic N) is 13. The Bertz CT molecular complexity index is 11400. The van der Waals surface area contributed by atoms with Crippen molar-refractivity contribution < 1.29 is 0 Å². The molecule has 13 heteroatoms. The van der Waals surface area contributed by atoms with Crippen molar-refractivity contribution in [3.63, 3.8) is 0 Å². The lowest BCUT2D eigenvalue weighted by Crippen LogP contribution is -2.00. The summed E-state index contributed by atoms with van der Waals surface area (Å²) in [6, 6.07) is 139. The third kappa shape index (κ3) is 9.09. The van der Waals surface area contributed by atoms with Crippen LogP contribution in [0.3, 0.4) is 0 Å². The molecule has 0 fully saturated rings. The molecule has 138 heavy (non-hydrogen) atoms. The van der Waals surface area contributed by atoms with Crippen LogP contribution in [0.25, 0.3) is 323 Å². The van der Waals surface area contributed by atoms with Crippen LogP contribution in [0.2, 0.25) is 0 Å². The zero-order valence-corrected chi connectivity index (χ0v) is 73.3. The number of fused-ring (bicyclic) bond motifs is 44. The van der Waals surface area contributed by atoms with Gasteiger partial charge in [-0.05, 0) is 154 Å². The normalized spacial score (nSPS) is 12.6. The molecule has 0 unspecified atom stereocenters. The van der Waals surface area contributed by atoms with Gasteiger partial charge >= 0.3 is 5.95 Å². The quantitative estimate of drug-likeness (QED) is 0.163. The van der Waals surface area contributed by atoms with Gasteiger partial charge in [-0.15, -0.1) is 16.5 Å². The molecule has 12 heterocycles. The summed E-state index contributed by atoms with van der Waals surface area (Å²) in [5.41, 5.74) is 31.6. The molecule has 0 radical (unpaired) electrons. The predicted molar refractivity (Wildman–Crippen MR) is 571 cm³/mol. The fraction of sp³-hybridized carbons (Fsp3) is 0. The minimum atomic E-state index is 0.145. The number of rotatable bonds is 3. The Kier molecular flexibility index (Phi) is 13.8. The Morgan fingerprint density at radius 3 is 0.928 bits per heavy atom. The van der Waals surface area contributed by atoms with E-state index in [1.165, 1.54) is 234 Å². The molecular weight excluding hydrogens is 1680 g/mol. The molecule has 12 aromatic heterocycles. The van der Waals surface area contributed by atoms with E-state index < -0.39 is 0 Å². The monoisotopic (exact) mass is 1750 g/mol. The molecule has 33 aromatic rings. The maximum atomic E-state index is 7.82. The van der Waals surface area contributed by atoms with Gasteiger partial charge in [0.15, 0.2) is 0 Å². The maximum Gasteiger partial charge on any atom is 0.374 e. The van der Waals surface area contributed by atoms with E-state index in [1.54, 1.807) is 12.4 Å². The van der Waals surface area contributed by atoms with Crippen molar-refractivity contribution in [3.8, 4) is 62.2 Å². The van der Waals surface area contributed by atoms with E-state index in [2.05, 4.69) is 389 Å². The highest BCUT2D eigenvalue weighted by Gasteiger charge is 2.35. The minimum Gasteiger partial charge on any atom is -0.394 e. The maximum absolute atomic E-state index is 7.82. The van der Waals surface area contributed by atoms with Gasteiger partial charge in [0.25, 0.3) is 0 Å². The highest BCUT2D eigenvalue weighted by molar-refractivity contribution is 6.41. The second-order valence-corrected chi connectivity index (χ2v) is 37.1. The minimum absolute atomic E-state index is 0.145. The van der Waals surface area contributed by atoms with Gasteiger partial charge < -0.3 is 27.2 Å². The predicted octanol–water partition coefficient (Wildman–Crippen LogP) is 32.1. The van der Waals surface area contributed by atoms with Crippen LogP contribution in [-0.4, -0.2) is 56.8 Å². The highest BCUT2D eigenvalue weighted by Crippen LogP contribution is 2.57. The van der Waals surface area contributed by atoms with E-state index >= 15 is 0 Å². The fourth-order valence-corrected chi connectivity index (χ4v) is 25.4. The summed E-state index contributed by atoms with van der Waals surface area (Å²) in [5, 5.41) is 35.9. The smallest absolute Gasteiger partial charge is 0.374 e. The molecule has 0 saturated heterocycles. The molecule has 2 aliphatic rings. The van der Waals surface area contributed by atoms with Crippen molar-refractivity contribution in [1.82, 2.24) is 56.8 Å². The van der Waals surface area contributed by atoms with Gasteiger partial charge in [-0.1, -0.05) is 261 Å². The second-order valence-electron chi connectivity index (χ2n) is 37.1. The van der Waals surface area contributed by atoms with Crippen LogP contribution >= 0.6 is 0 Å². The van der Waals surface area contributed by atoms with Crippen LogP contribution in [0.5, 0.6) is 0 Å². The van der Waals surface area contributed by atoms with Gasteiger partial charge in [0, 0.05) is 153 Å². The topological polar surface area (TPSA) is 110 Å². The molecule has 0 amide bonds. The number of para-hydroxylation sites is 9. The zero-order valence-electron chi connectivity index (χ0n) is 73.3. The molecule has 0 spiro atoms. The molecule has 0 saturated carbocycles. The van der Waals surface area contributed by atoms with Crippen molar-refractivity contribution >= 4 is 261 Å². The first-order valence-electron chi connectivity index (χ1n) is 46.9. The molecule has 630 valence electrons. The van der Waals surface area contributed by atoms with E-state index in [1.807, 2.05) is 30.3 Å². The number of hydrogen-bond donors (Lipinski definition) is 0. The number of hydrogen-bond acceptors (Lipinski definition) is 6. The zero-order chi connectivity index (χ0) is 89.4. The van der Waals surface area contributed by atoms with Gasteiger partial charge in [0.2, 0.25) is 5.82 Å². The van der Waals surface area contributed by atoms with E-state index in [0.29, 0.717) is 0 Å². The molecule has 13 nitrogen and oxygen atoms in total. The van der Waals surface area contributed by atoms with Crippen molar-refractivity contribution in [2.75, 3.05) is 0 Å². The van der Waals surface area contributed by atoms with E-state index in [-0.39, 0.29) is 5.95 Å². The average Bonchev–Trinajstić information content (AvgIpc) is 1.51. The Morgan fingerprint density at radius 2 is 0.514 bits per heavy atom. The van der Waals surface area contributed by atoms with Gasteiger partial charge in [-0.3, -0.25) is 14.5 Å². The molecule has 0 atom stereocenters. The summed E-state index contributed by atoms with van der Waals surface area (Å²) in [6.07, 6.45) is 3.60. The average molecular weight is 1750 g/mol. The van der Waals surface area contributed by atoms with Crippen LogP contribution in [0.1, 0.15) is 0 Å². The highest BCUT2D eigenvalue weighted by atomic mass is 15.1. The van der Waals surface area contributed by atoms with Crippen molar-refractivity contribution in [3.05, 3.63) is 406 Å². The molecule has 21 aromatic carbocycles. The second kappa shape index (κ2) is 26.2. The summed E-state index contributed by atoms with van der Waals surface area (Å²) < 4.78 is 14.8. The standard InChI is InChI=1S/C46H24N4.C42H22N4.C37H19N5/c1-2-11-26-25(10-1)20-22-39-41(26)33-24-32-27-12-3-7-18-36(27)49-37-19-8-4-13-29(37)42(45(32)49)46(33)50(39)38-23-21-31-40-28(38)14-9-15-30(40)43-44(31)48-35-17-6-5-16-34(35)47-43;1-2-9-24-23(8-1)16-18-35-37(24)31-22-30-25-10-3-5-14-32(25)45-33-15-6-4-11-27(33)38(41(30)45)42(31)46(35)34-19-17-29-36-26(34)12-7-13-28(36)39-40(29)44-21-20-43-39;1-38-37-39-28-15-7-4-13-24(28)36(40-37)42-31-19-18-21-10-2-3-11-22(21)32(31)27-20-26-23-12-5-8-16-29(23)41-30-17-9-6-14-25(30)33(34(26)41)35(27)42/h1-24H;1-22H;2-20H. The van der Waals surface area contributed by atoms with Crippen LogP contribution in [0.4, 0.5) is 5.95 Å². The number of benzene rings is 21. The summed E-state index contributed by atoms with van der Waals surface area (Å²) in [4.78, 5) is 33.0. The summed E-state index contributed by atoms with van der Waals surface area (Å²) in [6.45, 7) is 7.82. The first-order chi connectivity index (χ1) is 68.5. The van der Waals surface area contributed by atoms with Crippen LogP contribution < -0.4 is 0 Å². The van der Waals surface area contributed by atoms with Crippen molar-refractivity contribution in [2.24, 2.45) is 0 Å². The van der Waals surface area contributed by atoms with Crippen LogP contribution in [-0.2, 0) is 0 Å². The van der Waals surface area contributed by atoms with Crippen LogP contribution in [0, 0.1) is 6.57 Å². The lowest BCUT2D eigenvalue weighted by Gasteiger charge is -2.14. The molecule has 0 bridgehead atoms. The number of aromatic nitrogens is 12. The van der Waals surface area contributed by atoms with Crippen molar-refractivity contribution in [1.29, 1.82) is 0 Å². The van der Waals surface area contributed by atoms with E-state index in [4.69, 9.17) is 31.5 Å². The summed E-state index contributed by atoms with van der Waals surface area (Å²) in [7, 11) is 0. The summed E-state index contributed by atoms with van der Waals surface area (Å²) in [5.74, 6) is 0.871. The Labute approximate surface area is 781 Å². The lowest BCUT2D eigenvalue weighted by molar-refractivity contribution is 1.09. The Balaban J connectivity index is 0.0000000928. The molecule has 0 N–H and O–H groups in total. The van der Waals surface area contributed by atoms with Gasteiger partial charge in [-0.2, -0.15) is 0 Å². The van der Waals surface area contributed by atoms with E-state index in [0.717, 1.165) is 83.8 Å². The lowest BCUT2D eigenvalue weighted by atomic mass is 10.00. The molecule has 2 aliphatic carbocycles. The van der Waals surface area contributed by atoms with Gasteiger partial charge in [-0.25, -0.2) is 9.97 Å². The molecular formula is C125H65N13. The first-order valence-corrected chi connectivity index (χ1v) is 46.9. The molecule has 35 rings (SSSR count). The Hall–Kier alpha value is -19.0. The van der Waals surface area contributed by atoms with Gasteiger partial charge in [0.1, 0.15) is 5.52 Å². The third-order valence-corrected chi connectivity index (χ3v) is 30.6. The first kappa shape index (κ1) is 72.6. The van der Waals surface area contributed by atoms with Crippen LogP contribution in [0.15, 0.2) is 395 Å². The van der Waals surface area contributed by atoms with Gasteiger partial charge in [0.05, 0.1) is 133 Å². The fourth-order valence-electron chi connectivity index (χ4n) is 25.4. The van der Waals surface area contributed by atoms with Crippen molar-refractivity contribution in [2.45, 2.75) is 0 Å². The SMILES string of the molecule is [C-]#[N+]c1nc(-n2c3ccc4ccccc4c3c3cc4c5ccccc5n5c6ccccc6c(c32)c45)c2ccccc2n1.c1ccc2c(c1)ccc1c2c2cc3c4ccccc4n4c5ccccc5c(c2n1-c1ccc2c5c(cccc15)-c1nc5ccccc5nc1-2)c34.c1ccc2c(c1)ccc1c2c2cc3c4ccccc4n4c5ccccc5c(c2n1-c1ccc2c5c(cccc15)-c1nccnc1-2)c34. The molecule has 0 aliphatic heterocycles. The largest absolute Gasteiger partial charge is 0.394 e.